The molecule has 0 aliphatic rings. The van der Waals surface area contributed by atoms with Crippen LogP contribution in [-0.4, -0.2) is 123 Å². The number of hydrogen-bond acceptors (Lipinski definition) is 18. The number of nitrogens with zero attached hydrogens (tertiary/aromatic N) is 7. The molecule has 6 heterocycles. The van der Waals surface area contributed by atoms with E-state index in [0.29, 0.717) is 55.2 Å². The van der Waals surface area contributed by atoms with Gasteiger partial charge in [0.05, 0.1) is 77.7 Å². The van der Waals surface area contributed by atoms with Crippen molar-refractivity contribution in [3.05, 3.63) is 211 Å². The number of aromatic nitrogens is 6. The number of sulfone groups is 2. The number of esters is 1. The van der Waals surface area contributed by atoms with Crippen molar-refractivity contribution in [2.45, 2.75) is 64.4 Å². The van der Waals surface area contributed by atoms with E-state index in [9.17, 15) is 71.3 Å². The molecular formula is C63H65BBr2Cl2F9N9O12S5Sn. The number of benzene rings is 5. The fourth-order valence-electron chi connectivity index (χ4n) is 8.25. The van der Waals surface area contributed by atoms with Crippen LogP contribution in [-0.2, 0) is 47.7 Å². The maximum atomic E-state index is 13.4. The Morgan fingerprint density at radius 3 is 1.24 bits per heavy atom. The average Bonchev–Trinajstić information content (AvgIpc) is 1.65. The summed E-state index contributed by atoms with van der Waals surface area (Å²) in [5.41, 5.74) is 11.9. The van der Waals surface area contributed by atoms with E-state index in [1.54, 1.807) is 110 Å². The van der Waals surface area contributed by atoms with Crippen molar-refractivity contribution in [3.8, 4) is 59.2 Å². The van der Waals surface area contributed by atoms with Crippen molar-refractivity contribution < 1.29 is 91.8 Å². The molecule has 0 unspecified atom stereocenters. The van der Waals surface area contributed by atoms with Gasteiger partial charge in [-0.05, 0) is 171 Å². The van der Waals surface area contributed by atoms with E-state index < -0.39 is 86.2 Å². The van der Waals surface area contributed by atoms with Crippen LogP contribution in [0.25, 0.3) is 59.2 Å². The first-order chi connectivity index (χ1) is 46.2. The summed E-state index contributed by atoms with van der Waals surface area (Å²) >= 11 is 9.57. The number of nitro benzene ring substituents is 1. The summed E-state index contributed by atoms with van der Waals surface area (Å²) in [6, 6.07) is 43.6. The molecule has 11 rings (SSSR count). The molecule has 0 fully saturated rings. The number of nitrogens with two attached hydrogens (primary N) is 2. The van der Waals surface area contributed by atoms with Gasteiger partial charge in [0.25, 0.3) is 5.69 Å². The first-order valence-corrected chi connectivity index (χ1v) is 42.4. The molecule has 0 spiro atoms. The Hall–Kier alpha value is -7.19. The average molecular weight is 1830 g/mol. The molecule has 6 aromatic heterocycles. The van der Waals surface area contributed by atoms with Crippen LogP contribution < -0.4 is 16.9 Å². The zero-order valence-electron chi connectivity index (χ0n) is 51.9. The van der Waals surface area contributed by atoms with Gasteiger partial charge in [0, 0.05) is 47.8 Å². The van der Waals surface area contributed by atoms with Gasteiger partial charge in [-0.2, -0.15) is 54.8 Å². The number of thiophene rings is 3. The molecule has 41 heteroatoms. The van der Waals surface area contributed by atoms with E-state index in [4.69, 9.17) is 39.4 Å². The standard InChI is InChI=1S/C21H16F3N3O2S2.C14H7BrF3N3O2S.C14H9BrF3N3S.C7H9BO4S.C4H8O2.3CH4.2ClH.2H2O.Sn/c1-31(28,29)16-7-2-4-13(10-16)18-8-9-19(30-18)17-12-20(21(22,23)24)26-27(17)15-6-3-5-14(25)11-15;15-13-5-4-11(24-13)10-7-12(14(16,17)18)19-20(10)8-2-1-3-9(6-8)21(22)23;15-13-5-4-11(22-13)10-7-12(14(16,17)18)20-21(10)9-3-1-2-8(19)6-9;1-13(11,12)7-4-2-3-6(5-7)8(9)10;1-3-6-4(2)5;;;;;;;;/h2-12H,25H2,1H3;1-7H;1-7H,19H2;2-5,9-10H,1H3;3H2,1-2H3;3*1H4;2*1H;2*1H2;/q;;;;;;;;;;;;+2/p-2. The summed E-state index contributed by atoms with van der Waals surface area (Å²) in [5.74, 6) is -0.211. The number of nitrogen functional groups attached to an aromatic ring is 2. The number of anilines is 2. The topological polar surface area (TPSA) is 347 Å². The molecule has 562 valence electrons. The van der Waals surface area contributed by atoms with Gasteiger partial charge >= 0.3 is 68.3 Å². The van der Waals surface area contributed by atoms with Crippen LogP contribution in [0, 0.1) is 10.1 Å². The van der Waals surface area contributed by atoms with Gasteiger partial charge < -0.3 is 37.2 Å². The van der Waals surface area contributed by atoms with Crippen LogP contribution in [0.1, 0.15) is 53.2 Å². The molecule has 0 aliphatic heterocycles. The first kappa shape index (κ1) is 94.8. The number of hydrogen-bond donors (Lipinski definition) is 4. The molecule has 5 aromatic carbocycles. The van der Waals surface area contributed by atoms with Crippen LogP contribution in [0.5, 0.6) is 0 Å². The first-order valence-electron chi connectivity index (χ1n) is 27.4. The molecule has 0 saturated heterocycles. The van der Waals surface area contributed by atoms with Gasteiger partial charge in [0.2, 0.25) is 0 Å². The molecule has 21 nitrogen and oxygen atoms in total. The zero-order valence-corrected chi connectivity index (χ0v) is 63.5. The fourth-order valence-corrected chi connectivity index (χ4v) is 13.4. The van der Waals surface area contributed by atoms with E-state index in [1.165, 1.54) is 105 Å². The second-order valence-electron chi connectivity index (χ2n) is 19.8. The summed E-state index contributed by atoms with van der Waals surface area (Å²) in [6.45, 7) is 3.65. The summed E-state index contributed by atoms with van der Waals surface area (Å²) < 4.78 is 173. The summed E-state index contributed by atoms with van der Waals surface area (Å²) in [5, 5.41) is 39.5. The third-order valence-corrected chi connectivity index (χ3v) is 19.2. The van der Waals surface area contributed by atoms with Crippen molar-refractivity contribution in [1.29, 1.82) is 0 Å². The maximum absolute atomic E-state index is 13.4. The number of carbonyl (C=O) groups is 1. The Morgan fingerprint density at radius 1 is 0.567 bits per heavy atom. The molecule has 11 aromatic rings. The summed E-state index contributed by atoms with van der Waals surface area (Å²) in [7, 11) is 1.56. The van der Waals surface area contributed by atoms with Gasteiger partial charge in [-0.1, -0.05) is 64.7 Å². The van der Waals surface area contributed by atoms with Crippen molar-refractivity contribution in [2.24, 2.45) is 0 Å². The van der Waals surface area contributed by atoms with Gasteiger partial charge in [-0.25, -0.2) is 30.9 Å². The van der Waals surface area contributed by atoms with Gasteiger partial charge in [-0.15, -0.1) is 34.0 Å². The molecule has 0 aliphatic carbocycles. The predicted molar refractivity (Wildman–Crippen MR) is 402 cm³/mol. The van der Waals surface area contributed by atoms with Crippen LogP contribution in [0.15, 0.2) is 193 Å². The SMILES string of the molecule is C.C.C.CCOC(C)=O.CS(=O)(=O)c1cccc(-c2ccc(-c3cc(C(F)(F)F)nn3-c3cccc(N)c3)s2)c1.CS(=O)(=O)c1cccc(B(O)O)c1.Nc1cccc(-n2nc(C(F)(F)F)cc2-c2ccc(Br)s2)c1.O.O.O=[N+]([O-])c1cccc(-n2nc(C(F)(F)F)cc2-c2ccc(Br)s2)c1.[Cl][Sn][Cl]. The van der Waals surface area contributed by atoms with Gasteiger partial charge in [0.1, 0.15) is 0 Å². The number of rotatable bonds is 12. The number of halogens is 13. The molecule has 0 amide bonds. The van der Waals surface area contributed by atoms with Crippen LogP contribution in [0.4, 0.5) is 56.6 Å². The van der Waals surface area contributed by atoms with Crippen molar-refractivity contribution >= 4 is 158 Å². The minimum atomic E-state index is -4.62. The fraction of sp³-hybridized carbons (Fsp3) is 0.175. The number of ether oxygens (including phenoxy) is 1. The van der Waals surface area contributed by atoms with Crippen molar-refractivity contribution in [2.75, 3.05) is 30.6 Å². The Labute approximate surface area is 638 Å². The molecule has 2 radical (unpaired) electrons. The number of nitro groups is 1. The summed E-state index contributed by atoms with van der Waals surface area (Å²) in [4.78, 5) is 22.9. The van der Waals surface area contributed by atoms with Gasteiger partial charge in [-0.3, -0.25) is 14.9 Å². The second kappa shape index (κ2) is 41.1. The molecule has 104 heavy (non-hydrogen) atoms. The van der Waals surface area contributed by atoms with Crippen LogP contribution in [0.2, 0.25) is 0 Å². The monoisotopic (exact) mass is 1830 g/mol. The molecule has 0 saturated carbocycles. The van der Waals surface area contributed by atoms with E-state index in [2.05, 4.69) is 51.9 Å². The molecular weight excluding hydrogens is 1770 g/mol. The quantitative estimate of drug-likeness (QED) is 0.0220. The molecule has 0 atom stereocenters. The van der Waals surface area contributed by atoms with E-state index in [-0.39, 0.29) is 77.2 Å². The number of alkyl halides is 9. The minimum absolute atomic E-state index is 0. The van der Waals surface area contributed by atoms with Crippen molar-refractivity contribution in [1.82, 2.24) is 29.3 Å². The van der Waals surface area contributed by atoms with Crippen molar-refractivity contribution in [3.63, 3.8) is 0 Å². The second-order valence-corrected chi connectivity index (χ2v) is 34.1. The van der Waals surface area contributed by atoms with Crippen LogP contribution >= 0.6 is 83.7 Å². The Bertz CT molecular complexity index is 4850. The number of non-ortho nitro benzene ring substituents is 1. The van der Waals surface area contributed by atoms with Crippen LogP contribution in [0.3, 0.4) is 0 Å². The molecule has 10 N–H and O–H groups in total. The summed E-state index contributed by atoms with van der Waals surface area (Å²) in [6.07, 6.45) is -11.5. The predicted octanol–water partition coefficient (Wildman–Crippen LogP) is 16.1. The van der Waals surface area contributed by atoms with E-state index in [1.807, 2.05) is 0 Å². The Morgan fingerprint density at radius 2 is 0.913 bits per heavy atom. The molecule has 0 bridgehead atoms. The Balaban J connectivity index is 0.000000675. The normalized spacial score (nSPS) is 10.9. The third kappa shape index (κ3) is 27.3. The number of carbonyl (C=O) groups excluding carboxylic acids is 1. The zero-order chi connectivity index (χ0) is 73.5. The van der Waals surface area contributed by atoms with E-state index in [0.717, 1.165) is 47.8 Å². The van der Waals surface area contributed by atoms with Gasteiger partial charge in [0.15, 0.2) is 36.8 Å². The Kier molecular flexibility index (Phi) is 37.4. The van der Waals surface area contributed by atoms with E-state index >= 15 is 0 Å². The third-order valence-electron chi connectivity index (χ3n) is 12.5.